The summed E-state index contributed by atoms with van der Waals surface area (Å²) in [6.07, 6.45) is 7.78. The number of amides is 1. The third-order valence-electron chi connectivity index (χ3n) is 5.33. The maximum atomic E-state index is 14.4. The normalized spacial score (nSPS) is 13.0. The lowest BCUT2D eigenvalue weighted by atomic mass is 10.0. The van der Waals surface area contributed by atoms with E-state index in [2.05, 4.69) is 30.9 Å². The van der Waals surface area contributed by atoms with E-state index >= 15 is 0 Å². The average Bonchev–Trinajstić information content (AvgIpc) is 2.85. The quantitative estimate of drug-likeness (QED) is 0.445. The molecule has 4 rings (SSSR count). The molecule has 12 heteroatoms. The Kier molecular flexibility index (Phi) is 7.01. The van der Waals surface area contributed by atoms with E-state index in [9.17, 15) is 18.4 Å². The van der Waals surface area contributed by atoms with Crippen LogP contribution < -0.4 is 21.5 Å². The lowest BCUT2D eigenvalue weighted by Crippen LogP contribution is -2.35. The van der Waals surface area contributed by atoms with Crippen LogP contribution in [0.3, 0.4) is 0 Å². The summed E-state index contributed by atoms with van der Waals surface area (Å²) < 4.78 is 29.7. The first kappa shape index (κ1) is 23.6. The van der Waals surface area contributed by atoms with Crippen molar-refractivity contribution in [3.05, 3.63) is 75.3 Å². The van der Waals surface area contributed by atoms with Gasteiger partial charge < -0.3 is 16.0 Å². The van der Waals surface area contributed by atoms with Gasteiger partial charge in [0.05, 0.1) is 12.7 Å². The van der Waals surface area contributed by atoms with Crippen molar-refractivity contribution in [1.82, 2.24) is 24.8 Å². The number of hydrogen-bond donors (Lipinski definition) is 3. The molecule has 0 atom stereocenters. The van der Waals surface area contributed by atoms with Crippen LogP contribution in [0, 0.1) is 0 Å². The van der Waals surface area contributed by atoms with Gasteiger partial charge in [0.1, 0.15) is 17.4 Å². The number of alkyl halides is 2. The molecule has 3 aromatic rings. The molecule has 0 unspecified atom stereocenters. The SMILES string of the molecule is O=C(Cn1c(Cl)cnc(NCC(F)(F)c2ccccn2)c1=O)NCc1cncc2c1NCCC2. The number of nitrogens with one attached hydrogen (secondary N) is 3. The van der Waals surface area contributed by atoms with Crippen LogP contribution in [0.2, 0.25) is 5.15 Å². The van der Waals surface area contributed by atoms with Gasteiger partial charge in [-0.25, -0.2) is 4.98 Å². The van der Waals surface area contributed by atoms with E-state index in [1.165, 1.54) is 24.4 Å². The molecule has 0 bridgehead atoms. The van der Waals surface area contributed by atoms with Crippen molar-refractivity contribution >= 4 is 29.0 Å². The summed E-state index contributed by atoms with van der Waals surface area (Å²) in [4.78, 5) is 36.9. The smallest absolute Gasteiger partial charge is 0.306 e. The van der Waals surface area contributed by atoms with Gasteiger partial charge in [-0.3, -0.25) is 24.1 Å². The Labute approximate surface area is 198 Å². The Bertz CT molecular complexity index is 1240. The van der Waals surface area contributed by atoms with Gasteiger partial charge in [-0.1, -0.05) is 17.7 Å². The molecule has 1 aliphatic rings. The molecule has 0 saturated heterocycles. The van der Waals surface area contributed by atoms with E-state index in [-0.39, 0.29) is 17.5 Å². The van der Waals surface area contributed by atoms with E-state index in [0.717, 1.165) is 47.0 Å². The van der Waals surface area contributed by atoms with Crippen LogP contribution in [0.1, 0.15) is 23.2 Å². The van der Waals surface area contributed by atoms with Gasteiger partial charge in [0, 0.05) is 42.9 Å². The van der Waals surface area contributed by atoms with E-state index in [1.54, 1.807) is 12.4 Å². The van der Waals surface area contributed by atoms with Gasteiger partial charge >= 0.3 is 5.92 Å². The van der Waals surface area contributed by atoms with Crippen molar-refractivity contribution in [2.75, 3.05) is 23.7 Å². The van der Waals surface area contributed by atoms with Gasteiger partial charge in [0.15, 0.2) is 5.82 Å². The van der Waals surface area contributed by atoms with Crippen molar-refractivity contribution in [2.24, 2.45) is 0 Å². The average molecular weight is 490 g/mol. The van der Waals surface area contributed by atoms with Crippen LogP contribution in [0.15, 0.2) is 47.8 Å². The molecule has 0 aromatic carbocycles. The van der Waals surface area contributed by atoms with Gasteiger partial charge in [-0.05, 0) is 30.5 Å². The van der Waals surface area contributed by atoms with E-state index in [4.69, 9.17) is 11.6 Å². The Balaban J connectivity index is 1.42. The molecule has 0 spiro atoms. The van der Waals surface area contributed by atoms with Gasteiger partial charge in [-0.2, -0.15) is 8.78 Å². The molecule has 0 fully saturated rings. The van der Waals surface area contributed by atoms with Crippen molar-refractivity contribution in [1.29, 1.82) is 0 Å². The zero-order valence-corrected chi connectivity index (χ0v) is 18.8. The summed E-state index contributed by atoms with van der Waals surface area (Å²) in [6.45, 7) is -0.253. The van der Waals surface area contributed by atoms with Crippen LogP contribution in [-0.4, -0.2) is 38.5 Å². The number of fused-ring (bicyclic) bond motifs is 1. The van der Waals surface area contributed by atoms with E-state index in [0.29, 0.717) is 0 Å². The topological polar surface area (TPSA) is 114 Å². The Morgan fingerprint density at radius 2 is 2.09 bits per heavy atom. The molecule has 0 radical (unpaired) electrons. The zero-order chi connectivity index (χ0) is 24.1. The predicted molar refractivity (Wildman–Crippen MR) is 123 cm³/mol. The first-order valence-electron chi connectivity index (χ1n) is 10.6. The number of rotatable bonds is 8. The molecular formula is C22H22ClF2N7O2. The summed E-state index contributed by atoms with van der Waals surface area (Å²) in [7, 11) is 0. The minimum absolute atomic E-state index is 0.0948. The first-order chi connectivity index (χ1) is 16.3. The second kappa shape index (κ2) is 10.1. The van der Waals surface area contributed by atoms with Crippen molar-refractivity contribution < 1.29 is 13.6 Å². The molecule has 4 heterocycles. The minimum Gasteiger partial charge on any atom is -0.384 e. The van der Waals surface area contributed by atoms with Gasteiger partial charge in [-0.15, -0.1) is 0 Å². The maximum Gasteiger partial charge on any atom is 0.306 e. The largest absolute Gasteiger partial charge is 0.384 e. The number of aryl methyl sites for hydroxylation is 1. The first-order valence-corrected chi connectivity index (χ1v) is 11.0. The molecule has 3 aromatic heterocycles. The monoisotopic (exact) mass is 489 g/mol. The van der Waals surface area contributed by atoms with Crippen LogP contribution in [-0.2, 0) is 30.2 Å². The molecule has 34 heavy (non-hydrogen) atoms. The highest BCUT2D eigenvalue weighted by molar-refractivity contribution is 6.29. The number of aromatic nitrogens is 4. The number of hydrogen-bond acceptors (Lipinski definition) is 7. The predicted octanol–water partition coefficient (Wildman–Crippen LogP) is 2.57. The molecule has 178 valence electrons. The summed E-state index contributed by atoms with van der Waals surface area (Å²) in [5.74, 6) is -4.17. The third-order valence-corrected chi connectivity index (χ3v) is 5.63. The van der Waals surface area contributed by atoms with Crippen molar-refractivity contribution in [2.45, 2.75) is 31.9 Å². The maximum absolute atomic E-state index is 14.4. The van der Waals surface area contributed by atoms with Gasteiger partial charge in [0.2, 0.25) is 5.91 Å². The number of nitrogens with zero attached hydrogens (tertiary/aromatic N) is 4. The molecule has 1 amide bonds. The number of pyridine rings is 2. The molecule has 0 aliphatic carbocycles. The molecule has 9 nitrogen and oxygen atoms in total. The van der Waals surface area contributed by atoms with Gasteiger partial charge in [0.25, 0.3) is 5.56 Å². The number of carbonyl (C=O) groups is 1. The lowest BCUT2D eigenvalue weighted by Gasteiger charge is -2.21. The number of anilines is 2. The van der Waals surface area contributed by atoms with Crippen LogP contribution in [0.25, 0.3) is 0 Å². The number of halogens is 3. The Morgan fingerprint density at radius 1 is 1.24 bits per heavy atom. The summed E-state index contributed by atoms with van der Waals surface area (Å²) in [5.41, 5.74) is 1.64. The number of carbonyl (C=O) groups excluding carboxylic acids is 1. The fourth-order valence-corrected chi connectivity index (χ4v) is 3.77. The molecule has 0 saturated carbocycles. The van der Waals surface area contributed by atoms with E-state index < -0.39 is 36.2 Å². The van der Waals surface area contributed by atoms with Crippen LogP contribution >= 0.6 is 11.6 Å². The third kappa shape index (κ3) is 5.30. The second-order valence-corrected chi connectivity index (χ2v) is 8.12. The lowest BCUT2D eigenvalue weighted by molar-refractivity contribution is -0.121. The van der Waals surface area contributed by atoms with E-state index in [1.807, 2.05) is 0 Å². The highest BCUT2D eigenvalue weighted by atomic mass is 35.5. The highest BCUT2D eigenvalue weighted by Gasteiger charge is 2.33. The molecular weight excluding hydrogens is 468 g/mol. The Hall–Kier alpha value is -3.60. The fourth-order valence-electron chi connectivity index (χ4n) is 3.59. The summed E-state index contributed by atoms with van der Waals surface area (Å²) in [6, 6.07) is 4.16. The van der Waals surface area contributed by atoms with Crippen molar-refractivity contribution in [3.8, 4) is 0 Å². The summed E-state index contributed by atoms with van der Waals surface area (Å²) in [5, 5.41) is 8.31. The highest BCUT2D eigenvalue weighted by Crippen LogP contribution is 2.26. The van der Waals surface area contributed by atoms with Crippen LogP contribution in [0.4, 0.5) is 20.3 Å². The molecule has 3 N–H and O–H groups in total. The standard InChI is InChI=1S/C22H22ClF2N7O2/c23-17-11-30-20(31-13-22(24,25)16-5-1-2-6-27-16)21(34)32(17)12-18(33)29-10-15-9-26-8-14-4-3-7-28-19(14)15/h1-2,5-6,8-9,11,28H,3-4,7,10,12-13H2,(H,29,33)(H,30,31). The molecule has 1 aliphatic heterocycles. The summed E-state index contributed by atoms with van der Waals surface area (Å²) >= 11 is 6.06. The van der Waals surface area contributed by atoms with Crippen molar-refractivity contribution in [3.63, 3.8) is 0 Å². The van der Waals surface area contributed by atoms with Crippen LogP contribution in [0.5, 0.6) is 0 Å². The Morgan fingerprint density at radius 3 is 2.88 bits per heavy atom. The minimum atomic E-state index is -3.34. The second-order valence-electron chi connectivity index (χ2n) is 7.73. The fraction of sp³-hybridized carbons (Fsp3) is 0.318. The zero-order valence-electron chi connectivity index (χ0n) is 18.0.